The van der Waals surface area contributed by atoms with Crippen LogP contribution in [0.4, 0.5) is 13.2 Å². The van der Waals surface area contributed by atoms with Gasteiger partial charge in [-0.05, 0) is 19.1 Å². The molecule has 0 saturated heterocycles. The van der Waals surface area contributed by atoms with Crippen molar-refractivity contribution in [3.05, 3.63) is 34.6 Å². The Kier molecular flexibility index (Phi) is 3.51. The van der Waals surface area contributed by atoms with E-state index in [0.29, 0.717) is 0 Å². The number of carbonyl (C=O) groups is 1. The first-order chi connectivity index (χ1) is 8.82. The van der Waals surface area contributed by atoms with Gasteiger partial charge in [0, 0.05) is 23.4 Å². The Balaban J connectivity index is 2.48. The Morgan fingerprint density at radius 1 is 1.42 bits per heavy atom. The zero-order valence-electron chi connectivity index (χ0n) is 10.2. The van der Waals surface area contributed by atoms with Crippen LogP contribution >= 0.6 is 11.6 Å². The van der Waals surface area contributed by atoms with Crippen LogP contribution in [0, 0.1) is 5.82 Å². The van der Waals surface area contributed by atoms with Crippen LogP contribution in [0.5, 0.6) is 0 Å². The summed E-state index contributed by atoms with van der Waals surface area (Å²) >= 11 is 5.87. The SMILES string of the molecule is CCOC(=O)C1(c2c(F)cccc2Cl)CC(F)(F)C1. The molecule has 0 radical (unpaired) electrons. The second kappa shape index (κ2) is 4.71. The van der Waals surface area contributed by atoms with Crippen LogP contribution in [-0.2, 0) is 14.9 Å². The van der Waals surface area contributed by atoms with E-state index in [4.69, 9.17) is 16.3 Å². The predicted octanol–water partition coefficient (Wildman–Crippen LogP) is 3.71. The average Bonchev–Trinajstić information content (AvgIpc) is 2.26. The third-order valence-corrected chi connectivity index (χ3v) is 3.54. The third-order valence-electron chi connectivity index (χ3n) is 3.23. The smallest absolute Gasteiger partial charge is 0.317 e. The first kappa shape index (κ1) is 14.2. The molecule has 1 saturated carbocycles. The van der Waals surface area contributed by atoms with E-state index in [1.165, 1.54) is 12.1 Å². The van der Waals surface area contributed by atoms with Gasteiger partial charge in [0.25, 0.3) is 5.92 Å². The van der Waals surface area contributed by atoms with Gasteiger partial charge in [-0.1, -0.05) is 17.7 Å². The summed E-state index contributed by atoms with van der Waals surface area (Å²) in [4.78, 5) is 12.0. The highest BCUT2D eigenvalue weighted by atomic mass is 35.5. The molecule has 1 aromatic carbocycles. The summed E-state index contributed by atoms with van der Waals surface area (Å²) in [5.41, 5.74) is -1.87. The zero-order valence-corrected chi connectivity index (χ0v) is 10.9. The molecular formula is C13H12ClF3O2. The third kappa shape index (κ3) is 2.31. The lowest BCUT2D eigenvalue weighted by atomic mass is 9.62. The highest BCUT2D eigenvalue weighted by Gasteiger charge is 2.64. The molecule has 0 aliphatic heterocycles. The van der Waals surface area contributed by atoms with Gasteiger partial charge < -0.3 is 4.74 Å². The van der Waals surface area contributed by atoms with Crippen molar-refractivity contribution in [2.75, 3.05) is 6.61 Å². The van der Waals surface area contributed by atoms with Crippen LogP contribution in [-0.4, -0.2) is 18.5 Å². The number of benzene rings is 1. The molecule has 0 unspecified atom stereocenters. The number of rotatable bonds is 3. The molecule has 0 aromatic heterocycles. The van der Waals surface area contributed by atoms with E-state index in [1.54, 1.807) is 6.92 Å². The van der Waals surface area contributed by atoms with Gasteiger partial charge in [-0.25, -0.2) is 13.2 Å². The largest absolute Gasteiger partial charge is 0.465 e. The molecule has 1 aliphatic rings. The van der Waals surface area contributed by atoms with Crippen LogP contribution in [0.3, 0.4) is 0 Å². The van der Waals surface area contributed by atoms with Crippen molar-refractivity contribution in [2.45, 2.75) is 31.1 Å². The van der Waals surface area contributed by atoms with Crippen molar-refractivity contribution in [2.24, 2.45) is 0 Å². The maximum Gasteiger partial charge on any atom is 0.317 e. The maximum absolute atomic E-state index is 13.9. The van der Waals surface area contributed by atoms with E-state index in [-0.39, 0.29) is 17.2 Å². The van der Waals surface area contributed by atoms with Crippen LogP contribution in [0.15, 0.2) is 18.2 Å². The second-order valence-corrected chi connectivity index (χ2v) is 5.02. The molecule has 2 nitrogen and oxygen atoms in total. The van der Waals surface area contributed by atoms with Crippen LogP contribution < -0.4 is 0 Å². The van der Waals surface area contributed by atoms with Crippen molar-refractivity contribution in [3.63, 3.8) is 0 Å². The van der Waals surface area contributed by atoms with Gasteiger partial charge in [-0.3, -0.25) is 4.79 Å². The van der Waals surface area contributed by atoms with Crippen LogP contribution in [0.1, 0.15) is 25.3 Å². The summed E-state index contributed by atoms with van der Waals surface area (Å²) in [6, 6.07) is 3.83. The number of alkyl halides is 2. The minimum atomic E-state index is -3.00. The van der Waals surface area contributed by atoms with Crippen molar-refractivity contribution >= 4 is 17.6 Å². The van der Waals surface area contributed by atoms with E-state index in [0.717, 1.165) is 6.07 Å². The molecule has 1 aliphatic carbocycles. The molecule has 104 valence electrons. The molecule has 19 heavy (non-hydrogen) atoms. The number of ether oxygens (including phenoxy) is 1. The molecule has 0 spiro atoms. The van der Waals surface area contributed by atoms with Crippen LogP contribution in [0.25, 0.3) is 0 Å². The summed E-state index contributed by atoms with van der Waals surface area (Å²) in [6.45, 7) is 1.60. The number of carbonyl (C=O) groups excluding carboxylic acids is 1. The lowest BCUT2D eigenvalue weighted by molar-refractivity contribution is -0.179. The second-order valence-electron chi connectivity index (χ2n) is 4.61. The highest BCUT2D eigenvalue weighted by Crippen LogP contribution is 2.56. The molecule has 2 rings (SSSR count). The molecule has 0 N–H and O–H groups in total. The van der Waals surface area contributed by atoms with Gasteiger partial charge in [0.1, 0.15) is 11.2 Å². The fraction of sp³-hybridized carbons (Fsp3) is 0.462. The summed E-state index contributed by atoms with van der Waals surface area (Å²) in [6.07, 6.45) is -1.56. The van der Waals surface area contributed by atoms with Crippen molar-refractivity contribution < 1.29 is 22.7 Å². The van der Waals surface area contributed by atoms with E-state index < -0.39 is 36.0 Å². The maximum atomic E-state index is 13.9. The summed E-state index contributed by atoms with van der Waals surface area (Å²) in [5, 5.41) is -0.0384. The van der Waals surface area contributed by atoms with Gasteiger partial charge in [0.15, 0.2) is 0 Å². The summed E-state index contributed by atoms with van der Waals surface area (Å²) in [7, 11) is 0. The number of halogens is 4. The Bertz CT molecular complexity index is 488. The normalized spacial score (nSPS) is 19.6. The quantitative estimate of drug-likeness (QED) is 0.794. The van der Waals surface area contributed by atoms with Crippen molar-refractivity contribution in [3.8, 4) is 0 Å². The molecule has 1 aromatic rings. The number of hydrogen-bond donors (Lipinski definition) is 0. The van der Waals surface area contributed by atoms with E-state index in [1.807, 2.05) is 0 Å². The summed E-state index contributed by atoms with van der Waals surface area (Å²) in [5.74, 6) is -4.62. The van der Waals surface area contributed by atoms with Gasteiger partial charge in [-0.2, -0.15) is 0 Å². The molecule has 6 heteroatoms. The Labute approximate surface area is 113 Å². The summed E-state index contributed by atoms with van der Waals surface area (Å²) < 4.78 is 45.1. The Morgan fingerprint density at radius 2 is 2.05 bits per heavy atom. The Hall–Kier alpha value is -1.23. The predicted molar refractivity (Wildman–Crippen MR) is 63.9 cm³/mol. The molecule has 1 fully saturated rings. The van der Waals surface area contributed by atoms with Crippen LogP contribution in [0.2, 0.25) is 5.02 Å². The van der Waals surface area contributed by atoms with Crippen molar-refractivity contribution in [1.82, 2.24) is 0 Å². The minimum absolute atomic E-state index is 0.0384. The highest BCUT2D eigenvalue weighted by molar-refractivity contribution is 6.31. The number of hydrogen-bond acceptors (Lipinski definition) is 2. The van der Waals surface area contributed by atoms with Gasteiger partial charge in [0.2, 0.25) is 0 Å². The molecule has 0 bridgehead atoms. The topological polar surface area (TPSA) is 26.3 Å². The van der Waals surface area contributed by atoms with Crippen molar-refractivity contribution in [1.29, 1.82) is 0 Å². The lowest BCUT2D eigenvalue weighted by Gasteiger charge is -2.45. The molecule has 0 heterocycles. The lowest BCUT2D eigenvalue weighted by Crippen LogP contribution is -2.55. The van der Waals surface area contributed by atoms with Gasteiger partial charge in [0.05, 0.1) is 6.61 Å². The number of esters is 1. The molecular weight excluding hydrogens is 281 g/mol. The standard InChI is InChI=1S/C13H12ClF3O2/c1-2-19-11(18)12(6-13(16,17)7-12)10-8(14)4-3-5-9(10)15/h3-5H,2,6-7H2,1H3. The fourth-order valence-electron chi connectivity index (χ4n) is 2.48. The Morgan fingerprint density at radius 3 is 2.53 bits per heavy atom. The van der Waals surface area contributed by atoms with Gasteiger partial charge in [-0.15, -0.1) is 0 Å². The fourth-order valence-corrected chi connectivity index (χ4v) is 2.82. The van der Waals surface area contributed by atoms with E-state index >= 15 is 0 Å². The monoisotopic (exact) mass is 292 g/mol. The molecule has 0 atom stereocenters. The van der Waals surface area contributed by atoms with E-state index in [2.05, 4.69) is 0 Å². The first-order valence-corrected chi connectivity index (χ1v) is 6.20. The zero-order chi connectivity index (χ0) is 14.3. The molecule has 0 amide bonds. The average molecular weight is 293 g/mol. The first-order valence-electron chi connectivity index (χ1n) is 5.82. The van der Waals surface area contributed by atoms with E-state index in [9.17, 15) is 18.0 Å². The minimum Gasteiger partial charge on any atom is -0.465 e. The van der Waals surface area contributed by atoms with Gasteiger partial charge >= 0.3 is 5.97 Å².